The van der Waals surface area contributed by atoms with Crippen molar-refractivity contribution in [3.63, 3.8) is 0 Å². The van der Waals surface area contributed by atoms with Gasteiger partial charge < -0.3 is 10.4 Å². The zero-order valence-corrected chi connectivity index (χ0v) is 14.9. The second-order valence-corrected chi connectivity index (χ2v) is 7.30. The number of aliphatic hydroxyl groups excluding tert-OH is 1. The van der Waals surface area contributed by atoms with Gasteiger partial charge in [-0.3, -0.25) is 9.59 Å². The first kappa shape index (κ1) is 18.7. The molecule has 0 saturated heterocycles. The Morgan fingerprint density at radius 3 is 2.46 bits per heavy atom. The molecule has 1 fully saturated rings. The SMILES string of the molecule is CC(=O)c1ccc(C(CO)CNC(=O)[C@@H]2C[C@H](C)CC[C@H]2C)cc1. The number of nitrogens with one attached hydrogen (secondary N) is 1. The smallest absolute Gasteiger partial charge is 0.223 e. The highest BCUT2D eigenvalue weighted by Crippen LogP contribution is 2.33. The van der Waals surface area contributed by atoms with Crippen molar-refractivity contribution >= 4 is 11.7 Å². The predicted octanol–water partition coefficient (Wildman–Crippen LogP) is 3.15. The fourth-order valence-electron chi connectivity index (χ4n) is 3.53. The van der Waals surface area contributed by atoms with Crippen LogP contribution in [0.5, 0.6) is 0 Å². The van der Waals surface area contributed by atoms with Crippen molar-refractivity contribution in [3.05, 3.63) is 35.4 Å². The lowest BCUT2D eigenvalue weighted by Gasteiger charge is -2.32. The van der Waals surface area contributed by atoms with Gasteiger partial charge in [-0.2, -0.15) is 0 Å². The Morgan fingerprint density at radius 1 is 1.21 bits per heavy atom. The van der Waals surface area contributed by atoms with E-state index in [2.05, 4.69) is 19.2 Å². The lowest BCUT2D eigenvalue weighted by Crippen LogP contribution is -2.39. The zero-order valence-electron chi connectivity index (χ0n) is 14.9. The molecular formula is C20H29NO3. The van der Waals surface area contributed by atoms with Crippen LogP contribution in [0.25, 0.3) is 0 Å². The molecule has 1 aliphatic rings. The van der Waals surface area contributed by atoms with E-state index in [0.717, 1.165) is 18.4 Å². The summed E-state index contributed by atoms with van der Waals surface area (Å²) in [5, 5.41) is 12.7. The topological polar surface area (TPSA) is 66.4 Å². The summed E-state index contributed by atoms with van der Waals surface area (Å²) in [4.78, 5) is 23.8. The highest BCUT2D eigenvalue weighted by molar-refractivity contribution is 5.94. The Balaban J connectivity index is 1.95. The summed E-state index contributed by atoms with van der Waals surface area (Å²) in [6.45, 7) is 6.28. The molecule has 1 unspecified atom stereocenters. The molecule has 2 N–H and O–H groups in total. The van der Waals surface area contributed by atoms with Gasteiger partial charge in [-0.05, 0) is 37.2 Å². The van der Waals surface area contributed by atoms with Gasteiger partial charge in [0.15, 0.2) is 5.78 Å². The number of carbonyl (C=O) groups excluding carboxylic acids is 2. The second kappa shape index (κ2) is 8.43. The van der Waals surface area contributed by atoms with Gasteiger partial charge in [-0.15, -0.1) is 0 Å². The number of hydrogen-bond donors (Lipinski definition) is 2. The highest BCUT2D eigenvalue weighted by atomic mass is 16.3. The van der Waals surface area contributed by atoms with Crippen LogP contribution in [0.2, 0.25) is 0 Å². The van der Waals surface area contributed by atoms with E-state index in [9.17, 15) is 14.7 Å². The maximum atomic E-state index is 12.5. The lowest BCUT2D eigenvalue weighted by atomic mass is 9.75. The lowest BCUT2D eigenvalue weighted by molar-refractivity contribution is -0.128. The van der Waals surface area contributed by atoms with Crippen molar-refractivity contribution in [1.29, 1.82) is 0 Å². The normalized spacial score (nSPS) is 25.1. The molecule has 2 rings (SSSR count). The molecule has 132 valence electrons. The molecule has 0 aliphatic heterocycles. The molecule has 1 amide bonds. The molecule has 0 heterocycles. The molecule has 0 bridgehead atoms. The molecule has 0 spiro atoms. The van der Waals surface area contributed by atoms with Crippen LogP contribution < -0.4 is 5.32 Å². The molecule has 0 radical (unpaired) electrons. The van der Waals surface area contributed by atoms with Crippen LogP contribution in [0.4, 0.5) is 0 Å². The molecule has 24 heavy (non-hydrogen) atoms. The zero-order chi connectivity index (χ0) is 17.7. The number of ketones is 1. The first-order chi connectivity index (χ1) is 11.4. The highest BCUT2D eigenvalue weighted by Gasteiger charge is 2.31. The van der Waals surface area contributed by atoms with E-state index in [1.54, 1.807) is 12.1 Å². The summed E-state index contributed by atoms with van der Waals surface area (Å²) in [6, 6.07) is 7.25. The minimum Gasteiger partial charge on any atom is -0.396 e. The number of Topliss-reactive ketones (excluding diaryl/α,β-unsaturated/α-hetero) is 1. The Kier molecular flexibility index (Phi) is 6.55. The summed E-state index contributed by atoms with van der Waals surface area (Å²) < 4.78 is 0. The fourth-order valence-corrected chi connectivity index (χ4v) is 3.53. The number of carbonyl (C=O) groups is 2. The van der Waals surface area contributed by atoms with Gasteiger partial charge >= 0.3 is 0 Å². The van der Waals surface area contributed by atoms with Gasteiger partial charge in [0.25, 0.3) is 0 Å². The number of benzene rings is 1. The monoisotopic (exact) mass is 331 g/mol. The van der Waals surface area contributed by atoms with Gasteiger partial charge in [0.2, 0.25) is 5.91 Å². The van der Waals surface area contributed by atoms with Crippen LogP contribution >= 0.6 is 0 Å². The summed E-state index contributed by atoms with van der Waals surface area (Å²) in [7, 11) is 0. The van der Waals surface area contributed by atoms with E-state index in [1.165, 1.54) is 13.3 Å². The number of amides is 1. The van der Waals surface area contributed by atoms with Gasteiger partial charge in [-0.25, -0.2) is 0 Å². The third-order valence-corrected chi connectivity index (χ3v) is 5.33. The molecule has 1 aliphatic carbocycles. The Morgan fingerprint density at radius 2 is 1.88 bits per heavy atom. The van der Waals surface area contributed by atoms with Crippen LogP contribution in [0, 0.1) is 17.8 Å². The Labute approximate surface area is 144 Å². The molecular weight excluding hydrogens is 302 g/mol. The van der Waals surface area contributed by atoms with Crippen molar-refractivity contribution in [1.82, 2.24) is 5.32 Å². The van der Waals surface area contributed by atoms with Crippen LogP contribution in [0.1, 0.15) is 61.9 Å². The summed E-state index contributed by atoms with van der Waals surface area (Å²) in [6.07, 6.45) is 3.26. The minimum absolute atomic E-state index is 0.0239. The van der Waals surface area contributed by atoms with Crippen molar-refractivity contribution < 1.29 is 14.7 Å². The third-order valence-electron chi connectivity index (χ3n) is 5.33. The number of rotatable bonds is 6. The van der Waals surface area contributed by atoms with E-state index in [0.29, 0.717) is 23.9 Å². The van der Waals surface area contributed by atoms with Gasteiger partial charge in [0.1, 0.15) is 0 Å². The van der Waals surface area contributed by atoms with Crippen LogP contribution in [0.15, 0.2) is 24.3 Å². The molecule has 0 aromatic heterocycles. The average Bonchev–Trinajstić information content (AvgIpc) is 2.57. The molecule has 1 saturated carbocycles. The van der Waals surface area contributed by atoms with Crippen molar-refractivity contribution in [3.8, 4) is 0 Å². The van der Waals surface area contributed by atoms with E-state index in [1.807, 2.05) is 12.1 Å². The summed E-state index contributed by atoms with van der Waals surface area (Å²) in [5.41, 5.74) is 1.59. The van der Waals surface area contributed by atoms with E-state index < -0.39 is 0 Å². The number of hydrogen-bond acceptors (Lipinski definition) is 3. The largest absolute Gasteiger partial charge is 0.396 e. The Bertz CT molecular complexity index is 567. The maximum Gasteiger partial charge on any atom is 0.223 e. The van der Waals surface area contributed by atoms with E-state index in [-0.39, 0.29) is 30.1 Å². The maximum absolute atomic E-state index is 12.5. The first-order valence-electron chi connectivity index (χ1n) is 8.91. The van der Waals surface area contributed by atoms with E-state index in [4.69, 9.17) is 0 Å². The predicted molar refractivity (Wildman–Crippen MR) is 95.0 cm³/mol. The van der Waals surface area contributed by atoms with Crippen LogP contribution in [0.3, 0.4) is 0 Å². The molecule has 4 heteroatoms. The quantitative estimate of drug-likeness (QED) is 0.787. The minimum atomic E-state index is -0.147. The second-order valence-electron chi connectivity index (χ2n) is 7.30. The summed E-state index contributed by atoms with van der Waals surface area (Å²) >= 11 is 0. The fraction of sp³-hybridized carbons (Fsp3) is 0.600. The standard InChI is InChI=1S/C20H29NO3/c1-13-4-5-14(2)19(10-13)20(24)21-11-18(12-22)17-8-6-16(7-9-17)15(3)23/h6-9,13-14,18-19,22H,4-5,10-12H2,1-3H3,(H,21,24)/t13-,14-,18?,19-/m1/s1. The van der Waals surface area contributed by atoms with Gasteiger partial charge in [0.05, 0.1) is 6.61 Å². The van der Waals surface area contributed by atoms with Crippen molar-refractivity contribution in [2.75, 3.05) is 13.2 Å². The van der Waals surface area contributed by atoms with Crippen LogP contribution in [-0.4, -0.2) is 29.9 Å². The van der Waals surface area contributed by atoms with Crippen molar-refractivity contribution in [2.24, 2.45) is 17.8 Å². The van der Waals surface area contributed by atoms with Gasteiger partial charge in [0, 0.05) is 23.9 Å². The third kappa shape index (κ3) is 4.67. The molecule has 4 nitrogen and oxygen atoms in total. The molecule has 4 atom stereocenters. The van der Waals surface area contributed by atoms with Crippen LogP contribution in [-0.2, 0) is 4.79 Å². The van der Waals surface area contributed by atoms with Gasteiger partial charge in [-0.1, -0.05) is 44.5 Å². The summed E-state index contributed by atoms with van der Waals surface area (Å²) in [5.74, 6) is 1.08. The number of aliphatic hydroxyl groups is 1. The average molecular weight is 331 g/mol. The van der Waals surface area contributed by atoms with Crippen molar-refractivity contribution in [2.45, 2.75) is 46.0 Å². The van der Waals surface area contributed by atoms with E-state index >= 15 is 0 Å². The first-order valence-corrected chi connectivity index (χ1v) is 8.91. The molecule has 1 aromatic carbocycles. The molecule has 1 aromatic rings. The Hall–Kier alpha value is -1.68.